The average Bonchev–Trinajstić information content (AvgIpc) is 3.26. The van der Waals surface area contributed by atoms with Crippen LogP contribution in [0.4, 0.5) is 13.2 Å². The predicted molar refractivity (Wildman–Crippen MR) is 104 cm³/mol. The van der Waals surface area contributed by atoms with Crippen molar-refractivity contribution < 1.29 is 13.2 Å². The number of thioether (sulfide) groups is 1. The third-order valence-electron chi connectivity index (χ3n) is 4.05. The van der Waals surface area contributed by atoms with Crippen molar-refractivity contribution in [3.05, 3.63) is 51.7 Å². The summed E-state index contributed by atoms with van der Waals surface area (Å²) < 4.78 is 40.7. The third-order valence-corrected chi connectivity index (χ3v) is 6.17. The molecule has 2 heterocycles. The highest BCUT2D eigenvalue weighted by molar-refractivity contribution is 7.98. The topological polar surface area (TPSA) is 30.7 Å². The van der Waals surface area contributed by atoms with Crippen molar-refractivity contribution in [2.24, 2.45) is 0 Å². The van der Waals surface area contributed by atoms with Crippen LogP contribution in [0, 0.1) is 0 Å². The Kier molecular flexibility index (Phi) is 6.26. The molecule has 0 aliphatic heterocycles. The van der Waals surface area contributed by atoms with Crippen LogP contribution in [-0.4, -0.2) is 14.8 Å². The molecule has 1 aromatic carbocycles. The number of halogens is 3. The molecule has 0 N–H and O–H groups in total. The van der Waals surface area contributed by atoms with Crippen LogP contribution in [0.1, 0.15) is 36.3 Å². The van der Waals surface area contributed by atoms with Gasteiger partial charge < -0.3 is 4.57 Å². The van der Waals surface area contributed by atoms with E-state index >= 15 is 0 Å². The first-order valence-electron chi connectivity index (χ1n) is 8.72. The monoisotopic (exact) mass is 411 g/mol. The number of aryl methyl sites for hydroxylation is 1. The number of benzene rings is 1. The molecule has 0 atom stereocenters. The minimum atomic E-state index is -4.33. The van der Waals surface area contributed by atoms with Crippen LogP contribution in [0.3, 0.4) is 0 Å². The lowest BCUT2D eigenvalue weighted by Crippen LogP contribution is -2.05. The van der Waals surface area contributed by atoms with Gasteiger partial charge >= 0.3 is 6.18 Å². The van der Waals surface area contributed by atoms with Gasteiger partial charge in [0.25, 0.3) is 0 Å². The summed E-state index contributed by atoms with van der Waals surface area (Å²) in [6, 6.07) is 7.56. The van der Waals surface area contributed by atoms with E-state index in [1.54, 1.807) is 17.4 Å². The Bertz CT molecular complexity index is 900. The lowest BCUT2D eigenvalue weighted by Gasteiger charge is -2.10. The molecule has 0 bridgehead atoms. The van der Waals surface area contributed by atoms with Crippen molar-refractivity contribution in [2.75, 3.05) is 0 Å². The molecule has 0 fully saturated rings. The zero-order valence-corrected chi connectivity index (χ0v) is 16.7. The van der Waals surface area contributed by atoms with Gasteiger partial charge in [0.1, 0.15) is 0 Å². The number of hydrogen-bond donors (Lipinski definition) is 0. The molecular weight excluding hydrogens is 391 g/mol. The first-order valence-corrected chi connectivity index (χ1v) is 10.6. The van der Waals surface area contributed by atoms with Crippen molar-refractivity contribution in [1.82, 2.24) is 14.8 Å². The van der Waals surface area contributed by atoms with Crippen molar-refractivity contribution >= 4 is 23.1 Å². The summed E-state index contributed by atoms with van der Waals surface area (Å²) in [6.45, 7) is 4.96. The number of aromatic nitrogens is 3. The van der Waals surface area contributed by atoms with E-state index in [4.69, 9.17) is 0 Å². The summed E-state index contributed by atoms with van der Waals surface area (Å²) in [7, 11) is 0. The highest BCUT2D eigenvalue weighted by atomic mass is 32.2. The Balaban J connectivity index is 1.81. The van der Waals surface area contributed by atoms with E-state index < -0.39 is 11.7 Å². The first kappa shape index (κ1) is 19.9. The van der Waals surface area contributed by atoms with Gasteiger partial charge in [0.2, 0.25) is 0 Å². The molecule has 144 valence electrons. The molecule has 8 heteroatoms. The summed E-state index contributed by atoms with van der Waals surface area (Å²) in [5.74, 6) is 1.23. The zero-order chi connectivity index (χ0) is 19.4. The fourth-order valence-electron chi connectivity index (χ4n) is 2.70. The molecular formula is C19H20F3N3S2. The minimum absolute atomic E-state index is 0.412. The van der Waals surface area contributed by atoms with Crippen LogP contribution in [-0.2, 0) is 24.9 Å². The van der Waals surface area contributed by atoms with Crippen molar-refractivity contribution in [3.63, 3.8) is 0 Å². The lowest BCUT2D eigenvalue weighted by molar-refractivity contribution is -0.137. The van der Waals surface area contributed by atoms with Crippen LogP contribution >= 0.6 is 23.1 Å². The molecule has 0 saturated heterocycles. The Hall–Kier alpha value is -1.80. The second-order valence-corrected chi connectivity index (χ2v) is 8.04. The third kappa shape index (κ3) is 4.73. The summed E-state index contributed by atoms with van der Waals surface area (Å²) in [5, 5.41) is 11.4. The fraction of sp³-hybridized carbons (Fsp3) is 0.368. The van der Waals surface area contributed by atoms with Gasteiger partial charge in [-0.3, -0.25) is 0 Å². The highest BCUT2D eigenvalue weighted by Crippen LogP contribution is 2.32. The number of hydrogen-bond acceptors (Lipinski definition) is 4. The summed E-state index contributed by atoms with van der Waals surface area (Å²) in [5.41, 5.74) is 1.04. The molecule has 0 unspecified atom stereocenters. The molecule has 0 aliphatic carbocycles. The van der Waals surface area contributed by atoms with Gasteiger partial charge in [-0.25, -0.2) is 0 Å². The van der Waals surface area contributed by atoms with E-state index in [0.717, 1.165) is 42.0 Å². The standard InChI is InChI=1S/C19H20F3N3S2/c1-3-8-25-17(14-10-16(4-2)26-12-14)23-24-18(25)27-11-13-6-5-7-15(9-13)19(20,21)22/h5-7,9-10,12H,3-4,8,11H2,1-2H3. The van der Waals surface area contributed by atoms with Crippen LogP contribution < -0.4 is 0 Å². The quantitative estimate of drug-likeness (QED) is 0.428. The van der Waals surface area contributed by atoms with Crippen LogP contribution in [0.2, 0.25) is 0 Å². The van der Waals surface area contributed by atoms with Crippen molar-refractivity contribution in [1.29, 1.82) is 0 Å². The van der Waals surface area contributed by atoms with Crippen LogP contribution in [0.5, 0.6) is 0 Å². The summed E-state index contributed by atoms with van der Waals surface area (Å²) in [4.78, 5) is 1.29. The largest absolute Gasteiger partial charge is 0.416 e. The number of alkyl halides is 3. The lowest BCUT2D eigenvalue weighted by atomic mass is 10.1. The zero-order valence-electron chi connectivity index (χ0n) is 15.1. The number of thiophene rings is 1. The van der Waals surface area contributed by atoms with E-state index in [1.165, 1.54) is 28.8 Å². The number of nitrogens with zero attached hydrogens (tertiary/aromatic N) is 3. The van der Waals surface area contributed by atoms with E-state index in [1.807, 2.05) is 0 Å². The Morgan fingerprint density at radius 3 is 2.63 bits per heavy atom. The second-order valence-electron chi connectivity index (χ2n) is 6.10. The highest BCUT2D eigenvalue weighted by Gasteiger charge is 2.30. The van der Waals surface area contributed by atoms with E-state index in [0.29, 0.717) is 11.3 Å². The maximum absolute atomic E-state index is 12.9. The second kappa shape index (κ2) is 8.48. The van der Waals surface area contributed by atoms with Gasteiger partial charge in [0.15, 0.2) is 11.0 Å². The normalized spacial score (nSPS) is 11.9. The maximum Gasteiger partial charge on any atom is 0.416 e. The van der Waals surface area contributed by atoms with E-state index in [-0.39, 0.29) is 0 Å². The molecule has 3 rings (SSSR count). The predicted octanol–water partition coefficient (Wildman–Crippen LogP) is 6.29. The van der Waals surface area contributed by atoms with E-state index in [2.05, 4.69) is 40.1 Å². The molecule has 3 aromatic rings. The first-order chi connectivity index (χ1) is 12.9. The fourth-order valence-corrected chi connectivity index (χ4v) is 4.42. The van der Waals surface area contributed by atoms with Gasteiger partial charge in [0, 0.05) is 28.1 Å². The summed E-state index contributed by atoms with van der Waals surface area (Å²) in [6.07, 6.45) is -2.43. The molecule has 27 heavy (non-hydrogen) atoms. The van der Waals surface area contributed by atoms with Crippen molar-refractivity contribution in [3.8, 4) is 11.4 Å². The molecule has 0 aliphatic rings. The van der Waals surface area contributed by atoms with Crippen LogP contribution in [0.25, 0.3) is 11.4 Å². The minimum Gasteiger partial charge on any atom is -0.302 e. The molecule has 0 saturated carbocycles. The molecule has 3 nitrogen and oxygen atoms in total. The SMILES string of the molecule is CCCn1c(SCc2cccc(C(F)(F)F)c2)nnc1-c1csc(CC)c1. The smallest absolute Gasteiger partial charge is 0.302 e. The molecule has 0 radical (unpaired) electrons. The molecule has 0 amide bonds. The molecule has 0 spiro atoms. The maximum atomic E-state index is 12.9. The van der Waals surface area contributed by atoms with Gasteiger partial charge in [-0.05, 0) is 30.5 Å². The number of rotatable bonds is 7. The molecule has 2 aromatic heterocycles. The van der Waals surface area contributed by atoms with Crippen molar-refractivity contribution in [2.45, 2.75) is 50.3 Å². The average molecular weight is 412 g/mol. The van der Waals surface area contributed by atoms with Crippen LogP contribution in [0.15, 0.2) is 40.9 Å². The van der Waals surface area contributed by atoms with Gasteiger partial charge in [-0.2, -0.15) is 13.2 Å². The Morgan fingerprint density at radius 1 is 1.15 bits per heavy atom. The van der Waals surface area contributed by atoms with E-state index in [9.17, 15) is 13.2 Å². The van der Waals surface area contributed by atoms with Gasteiger partial charge in [-0.1, -0.05) is 43.8 Å². The Labute approximate surface area is 164 Å². The Morgan fingerprint density at radius 2 is 1.96 bits per heavy atom. The van der Waals surface area contributed by atoms with Gasteiger partial charge in [-0.15, -0.1) is 21.5 Å². The van der Waals surface area contributed by atoms with Gasteiger partial charge in [0.05, 0.1) is 5.56 Å². The summed E-state index contributed by atoms with van der Waals surface area (Å²) >= 11 is 3.11.